The fraction of sp³-hybridized carbons (Fsp3) is 0.222. The van der Waals surface area contributed by atoms with Crippen molar-refractivity contribution in [2.75, 3.05) is 14.2 Å². The summed E-state index contributed by atoms with van der Waals surface area (Å²) in [6, 6.07) is 2.57. The highest BCUT2D eigenvalue weighted by atomic mass is 79.9. The van der Waals surface area contributed by atoms with E-state index in [0.29, 0.717) is 0 Å². The van der Waals surface area contributed by atoms with Gasteiger partial charge in [-0.1, -0.05) is 0 Å². The van der Waals surface area contributed by atoms with Crippen molar-refractivity contribution in [2.24, 2.45) is 0 Å². The fourth-order valence-corrected chi connectivity index (χ4v) is 1.73. The number of halogens is 1. The van der Waals surface area contributed by atoms with Crippen LogP contribution in [0, 0.1) is 10.1 Å². The molecule has 0 spiro atoms. The van der Waals surface area contributed by atoms with Crippen LogP contribution in [0.1, 0.15) is 10.4 Å². The first-order chi connectivity index (χ1) is 7.51. The maximum atomic E-state index is 11.2. The zero-order chi connectivity index (χ0) is 12.3. The zero-order valence-corrected chi connectivity index (χ0v) is 10.1. The molecular weight excluding hydrogens is 282 g/mol. The fourth-order valence-electron chi connectivity index (χ4n) is 1.14. The Morgan fingerprint density at radius 2 is 2.06 bits per heavy atom. The Morgan fingerprint density at radius 3 is 2.50 bits per heavy atom. The van der Waals surface area contributed by atoms with Crippen LogP contribution in [-0.4, -0.2) is 25.1 Å². The van der Waals surface area contributed by atoms with Crippen LogP contribution in [0.5, 0.6) is 5.75 Å². The molecule has 86 valence electrons. The standard InChI is InChI=1S/C9H8BrNO5/c1-15-7-4-5(9(12)16-2)3-6(10)8(7)11(13)14/h3-4H,1-2H3. The minimum absolute atomic E-state index is 0.000208. The summed E-state index contributed by atoms with van der Waals surface area (Å²) in [5, 5.41) is 10.7. The van der Waals surface area contributed by atoms with Gasteiger partial charge in [-0.3, -0.25) is 10.1 Å². The SMILES string of the molecule is COC(=O)c1cc(Br)c([N+](=O)[O-])c(OC)c1. The molecule has 0 bridgehead atoms. The molecule has 0 saturated carbocycles. The monoisotopic (exact) mass is 289 g/mol. The summed E-state index contributed by atoms with van der Waals surface area (Å²) in [5.41, 5.74) is -0.0491. The Hall–Kier alpha value is -1.63. The summed E-state index contributed by atoms with van der Waals surface area (Å²) in [6.45, 7) is 0. The number of hydrogen-bond donors (Lipinski definition) is 0. The van der Waals surface area contributed by atoms with Crippen LogP contribution in [0.25, 0.3) is 0 Å². The summed E-state index contributed by atoms with van der Waals surface area (Å²) in [4.78, 5) is 21.4. The van der Waals surface area contributed by atoms with Crippen molar-refractivity contribution in [3.05, 3.63) is 32.3 Å². The van der Waals surface area contributed by atoms with Crippen LogP contribution in [0.4, 0.5) is 5.69 Å². The van der Waals surface area contributed by atoms with Gasteiger partial charge in [-0.2, -0.15) is 0 Å². The highest BCUT2D eigenvalue weighted by Crippen LogP contribution is 2.36. The predicted molar refractivity (Wildman–Crippen MR) is 58.7 cm³/mol. The molecule has 0 aliphatic carbocycles. The van der Waals surface area contributed by atoms with E-state index in [2.05, 4.69) is 20.7 Å². The normalized spacial score (nSPS) is 9.69. The third kappa shape index (κ3) is 2.30. The number of methoxy groups -OCH3 is 2. The number of esters is 1. The van der Waals surface area contributed by atoms with Crippen LogP contribution in [0.3, 0.4) is 0 Å². The van der Waals surface area contributed by atoms with Crippen LogP contribution in [0.15, 0.2) is 16.6 Å². The largest absolute Gasteiger partial charge is 0.490 e. The zero-order valence-electron chi connectivity index (χ0n) is 8.52. The molecule has 0 radical (unpaired) electrons. The molecule has 0 aliphatic heterocycles. The number of carbonyl (C=O) groups is 1. The molecule has 16 heavy (non-hydrogen) atoms. The number of hydrogen-bond acceptors (Lipinski definition) is 5. The Bertz CT molecular complexity index is 446. The molecule has 0 amide bonds. The molecule has 7 heteroatoms. The van der Waals surface area contributed by atoms with E-state index in [0.717, 1.165) is 0 Å². The summed E-state index contributed by atoms with van der Waals surface area (Å²) in [5.74, 6) is -0.589. The van der Waals surface area contributed by atoms with Gasteiger partial charge in [0.2, 0.25) is 0 Å². The summed E-state index contributed by atoms with van der Waals surface area (Å²) in [7, 11) is 2.51. The van der Waals surface area contributed by atoms with Crippen molar-refractivity contribution >= 4 is 27.6 Å². The number of carbonyl (C=O) groups excluding carboxylic acids is 1. The van der Waals surface area contributed by atoms with Gasteiger partial charge in [-0.25, -0.2) is 4.79 Å². The first-order valence-corrected chi connectivity index (χ1v) is 4.90. The highest BCUT2D eigenvalue weighted by molar-refractivity contribution is 9.10. The lowest BCUT2D eigenvalue weighted by Crippen LogP contribution is -2.03. The maximum Gasteiger partial charge on any atom is 0.338 e. The number of benzene rings is 1. The van der Waals surface area contributed by atoms with Gasteiger partial charge in [0.05, 0.1) is 24.7 Å². The van der Waals surface area contributed by atoms with E-state index in [1.54, 1.807) is 0 Å². The average Bonchev–Trinajstić information content (AvgIpc) is 2.26. The second-order valence-electron chi connectivity index (χ2n) is 2.76. The second-order valence-corrected chi connectivity index (χ2v) is 3.61. The predicted octanol–water partition coefficient (Wildman–Crippen LogP) is 2.15. The van der Waals surface area contributed by atoms with E-state index in [1.807, 2.05) is 0 Å². The Kier molecular flexibility index (Phi) is 3.83. The van der Waals surface area contributed by atoms with Gasteiger partial charge in [0, 0.05) is 6.07 Å². The molecule has 0 unspecified atom stereocenters. The molecule has 0 N–H and O–H groups in total. The number of ether oxygens (including phenoxy) is 2. The lowest BCUT2D eigenvalue weighted by atomic mass is 10.2. The molecule has 0 saturated heterocycles. The molecule has 0 aromatic heterocycles. The average molecular weight is 290 g/mol. The van der Waals surface area contributed by atoms with E-state index >= 15 is 0 Å². The topological polar surface area (TPSA) is 78.7 Å². The first kappa shape index (κ1) is 12.4. The molecule has 0 fully saturated rings. The van der Waals surface area contributed by atoms with Crippen molar-refractivity contribution < 1.29 is 19.2 Å². The van der Waals surface area contributed by atoms with Crippen molar-refractivity contribution in [1.82, 2.24) is 0 Å². The smallest absolute Gasteiger partial charge is 0.338 e. The lowest BCUT2D eigenvalue weighted by Gasteiger charge is -2.06. The highest BCUT2D eigenvalue weighted by Gasteiger charge is 2.22. The molecule has 1 aromatic rings. The van der Waals surface area contributed by atoms with Crippen molar-refractivity contribution in [2.45, 2.75) is 0 Å². The van der Waals surface area contributed by atoms with Crippen LogP contribution >= 0.6 is 15.9 Å². The van der Waals surface area contributed by atoms with Gasteiger partial charge >= 0.3 is 11.7 Å². The summed E-state index contributed by atoms with van der Waals surface area (Å²) < 4.78 is 9.51. The lowest BCUT2D eigenvalue weighted by molar-refractivity contribution is -0.386. The van der Waals surface area contributed by atoms with E-state index in [4.69, 9.17) is 4.74 Å². The van der Waals surface area contributed by atoms with Crippen LogP contribution in [-0.2, 0) is 4.74 Å². The molecule has 1 rings (SSSR count). The maximum absolute atomic E-state index is 11.2. The summed E-state index contributed by atoms with van der Waals surface area (Å²) in [6.07, 6.45) is 0. The van der Waals surface area contributed by atoms with Gasteiger partial charge < -0.3 is 9.47 Å². The molecule has 0 aliphatic rings. The van der Waals surface area contributed by atoms with E-state index in [1.165, 1.54) is 26.4 Å². The number of rotatable bonds is 3. The minimum Gasteiger partial charge on any atom is -0.490 e. The number of nitrogens with zero attached hydrogens (tertiary/aromatic N) is 1. The van der Waals surface area contributed by atoms with Gasteiger partial charge in [-0.05, 0) is 22.0 Å². The van der Waals surface area contributed by atoms with Crippen molar-refractivity contribution in [3.8, 4) is 5.75 Å². The van der Waals surface area contributed by atoms with Gasteiger partial charge in [0.1, 0.15) is 4.47 Å². The number of nitro benzene ring substituents is 1. The van der Waals surface area contributed by atoms with Crippen LogP contribution < -0.4 is 4.74 Å². The molecular formula is C9H8BrNO5. The minimum atomic E-state index is -0.593. The van der Waals surface area contributed by atoms with Gasteiger partial charge in [0.15, 0.2) is 5.75 Å². The molecule has 6 nitrogen and oxygen atoms in total. The molecule has 1 aromatic carbocycles. The van der Waals surface area contributed by atoms with E-state index in [9.17, 15) is 14.9 Å². The number of nitro groups is 1. The van der Waals surface area contributed by atoms with Gasteiger partial charge in [0.25, 0.3) is 0 Å². The van der Waals surface area contributed by atoms with Crippen molar-refractivity contribution in [3.63, 3.8) is 0 Å². The Labute approximate surface area is 99.4 Å². The second kappa shape index (κ2) is 4.93. The molecule has 0 heterocycles. The first-order valence-electron chi connectivity index (χ1n) is 4.11. The van der Waals surface area contributed by atoms with Gasteiger partial charge in [-0.15, -0.1) is 0 Å². The van der Waals surface area contributed by atoms with E-state index in [-0.39, 0.29) is 21.5 Å². The van der Waals surface area contributed by atoms with E-state index < -0.39 is 10.9 Å². The third-order valence-electron chi connectivity index (χ3n) is 1.85. The third-order valence-corrected chi connectivity index (χ3v) is 2.46. The van der Waals surface area contributed by atoms with Crippen molar-refractivity contribution in [1.29, 1.82) is 0 Å². The summed E-state index contributed by atoms with van der Waals surface area (Å²) >= 11 is 3.01. The molecule has 0 atom stereocenters. The van der Waals surface area contributed by atoms with Crippen LogP contribution in [0.2, 0.25) is 0 Å². The quantitative estimate of drug-likeness (QED) is 0.484. The Balaban J connectivity index is 3.37. The Morgan fingerprint density at radius 1 is 1.44 bits per heavy atom.